The Morgan fingerprint density at radius 1 is 1.00 bits per heavy atom. The molecule has 0 fully saturated rings. The lowest BCUT2D eigenvalue weighted by atomic mass is 9.80. The van der Waals surface area contributed by atoms with Crippen LogP contribution in [0.25, 0.3) is 0 Å². The number of ether oxygens (including phenoxy) is 2. The van der Waals surface area contributed by atoms with E-state index in [-0.39, 0.29) is 17.0 Å². The van der Waals surface area contributed by atoms with Gasteiger partial charge in [-0.05, 0) is 17.6 Å². The third-order valence-electron chi connectivity index (χ3n) is 1.64. The summed E-state index contributed by atoms with van der Waals surface area (Å²) in [6, 6.07) is 3.68. The molecule has 1 aromatic carbocycles. The SMILES string of the molecule is OB(O)c1cc(OCF)cc(OCF)c1. The van der Waals surface area contributed by atoms with E-state index >= 15 is 0 Å². The Morgan fingerprint density at radius 3 is 1.80 bits per heavy atom. The van der Waals surface area contributed by atoms with Crippen molar-refractivity contribution in [2.45, 2.75) is 0 Å². The minimum atomic E-state index is -1.75. The monoisotopic (exact) mass is 218 g/mol. The Morgan fingerprint density at radius 2 is 1.47 bits per heavy atom. The largest absolute Gasteiger partial charge is 0.488 e. The van der Waals surface area contributed by atoms with Gasteiger partial charge in [0, 0.05) is 6.07 Å². The average Bonchev–Trinajstić information content (AvgIpc) is 2.18. The van der Waals surface area contributed by atoms with Crippen LogP contribution >= 0.6 is 0 Å². The van der Waals surface area contributed by atoms with Crippen molar-refractivity contribution in [2.75, 3.05) is 13.7 Å². The summed E-state index contributed by atoms with van der Waals surface area (Å²) in [6.07, 6.45) is 0. The molecule has 0 aliphatic rings. The van der Waals surface area contributed by atoms with Gasteiger partial charge in [0.05, 0.1) is 0 Å². The second-order valence-corrected chi connectivity index (χ2v) is 2.62. The number of halogens is 2. The Balaban J connectivity index is 2.97. The van der Waals surface area contributed by atoms with Gasteiger partial charge in [-0.25, -0.2) is 8.78 Å². The molecule has 0 amide bonds. The van der Waals surface area contributed by atoms with Crippen LogP contribution in [0, 0.1) is 0 Å². The molecule has 0 saturated carbocycles. The first-order valence-corrected chi connectivity index (χ1v) is 4.06. The number of hydrogen-bond donors (Lipinski definition) is 2. The Labute approximate surface area is 85.2 Å². The van der Waals surface area contributed by atoms with Gasteiger partial charge in [0.25, 0.3) is 0 Å². The second-order valence-electron chi connectivity index (χ2n) is 2.62. The molecule has 2 N–H and O–H groups in total. The van der Waals surface area contributed by atoms with Crippen molar-refractivity contribution in [1.82, 2.24) is 0 Å². The van der Waals surface area contributed by atoms with Crippen LogP contribution in [0.5, 0.6) is 11.5 Å². The summed E-state index contributed by atoms with van der Waals surface area (Å²) in [4.78, 5) is 0. The molecule has 0 aliphatic carbocycles. The van der Waals surface area contributed by atoms with Crippen molar-refractivity contribution in [2.24, 2.45) is 0 Å². The molecule has 0 bridgehead atoms. The third kappa shape index (κ3) is 3.37. The molecule has 1 aromatic rings. The molecular formula is C8H9BF2O4. The van der Waals surface area contributed by atoms with Crippen LogP contribution in [-0.4, -0.2) is 30.9 Å². The van der Waals surface area contributed by atoms with Gasteiger partial charge < -0.3 is 19.5 Å². The molecule has 0 saturated heterocycles. The minimum Gasteiger partial charge on any atom is -0.463 e. The van der Waals surface area contributed by atoms with Gasteiger partial charge in [-0.3, -0.25) is 0 Å². The van der Waals surface area contributed by atoms with Crippen molar-refractivity contribution in [3.05, 3.63) is 18.2 Å². The second kappa shape index (κ2) is 5.52. The first-order chi connectivity index (χ1) is 7.17. The predicted molar refractivity (Wildman–Crippen MR) is 49.5 cm³/mol. The van der Waals surface area contributed by atoms with Gasteiger partial charge in [-0.1, -0.05) is 0 Å². The minimum absolute atomic E-state index is 0.0319. The van der Waals surface area contributed by atoms with Gasteiger partial charge in [0.2, 0.25) is 13.7 Å². The van der Waals surface area contributed by atoms with Crippen LogP contribution in [0.1, 0.15) is 0 Å². The van der Waals surface area contributed by atoms with E-state index in [1.165, 1.54) is 18.2 Å². The van der Waals surface area contributed by atoms with E-state index in [9.17, 15) is 8.78 Å². The first-order valence-electron chi connectivity index (χ1n) is 4.06. The highest BCUT2D eigenvalue weighted by Crippen LogP contribution is 2.18. The molecule has 0 aromatic heterocycles. The van der Waals surface area contributed by atoms with E-state index in [2.05, 4.69) is 9.47 Å². The maximum atomic E-state index is 11.9. The number of alkyl halides is 2. The van der Waals surface area contributed by atoms with E-state index in [1.807, 2.05) is 0 Å². The van der Waals surface area contributed by atoms with Crippen molar-refractivity contribution < 1.29 is 28.3 Å². The fraction of sp³-hybridized carbons (Fsp3) is 0.250. The van der Waals surface area contributed by atoms with Crippen molar-refractivity contribution >= 4 is 12.6 Å². The van der Waals surface area contributed by atoms with Crippen molar-refractivity contribution in [3.63, 3.8) is 0 Å². The quantitative estimate of drug-likeness (QED) is 0.681. The summed E-state index contributed by atoms with van der Waals surface area (Å²) in [6.45, 7) is -2.14. The lowest BCUT2D eigenvalue weighted by molar-refractivity contribution is 0.182. The van der Waals surface area contributed by atoms with Gasteiger partial charge >= 0.3 is 7.12 Å². The number of benzene rings is 1. The normalized spacial score (nSPS) is 9.87. The van der Waals surface area contributed by atoms with Crippen LogP contribution in [0.15, 0.2) is 18.2 Å². The topological polar surface area (TPSA) is 58.9 Å². The predicted octanol–water partition coefficient (Wildman–Crippen LogP) is -0.0220. The summed E-state index contributed by atoms with van der Waals surface area (Å²) in [7, 11) is -1.75. The highest BCUT2D eigenvalue weighted by atomic mass is 19.1. The zero-order valence-corrected chi connectivity index (χ0v) is 7.69. The first kappa shape index (κ1) is 11.7. The molecule has 0 spiro atoms. The fourth-order valence-electron chi connectivity index (χ4n) is 1.04. The van der Waals surface area contributed by atoms with Crippen LogP contribution in [0.2, 0.25) is 0 Å². The van der Waals surface area contributed by atoms with Gasteiger partial charge in [0.1, 0.15) is 11.5 Å². The maximum absolute atomic E-state index is 11.9. The van der Waals surface area contributed by atoms with E-state index < -0.39 is 20.8 Å². The van der Waals surface area contributed by atoms with E-state index in [0.717, 1.165) is 0 Å². The lowest BCUT2D eigenvalue weighted by Gasteiger charge is -2.08. The van der Waals surface area contributed by atoms with Crippen LogP contribution < -0.4 is 14.9 Å². The molecule has 0 aliphatic heterocycles. The molecule has 0 unspecified atom stereocenters. The van der Waals surface area contributed by atoms with Gasteiger partial charge in [-0.2, -0.15) is 0 Å². The highest BCUT2D eigenvalue weighted by Gasteiger charge is 2.14. The highest BCUT2D eigenvalue weighted by molar-refractivity contribution is 6.58. The van der Waals surface area contributed by atoms with E-state index in [4.69, 9.17) is 10.0 Å². The molecule has 82 valence electrons. The average molecular weight is 218 g/mol. The smallest absolute Gasteiger partial charge is 0.463 e. The van der Waals surface area contributed by atoms with Crippen LogP contribution in [0.3, 0.4) is 0 Å². The molecule has 0 atom stereocenters. The fourth-order valence-corrected chi connectivity index (χ4v) is 1.04. The van der Waals surface area contributed by atoms with Crippen molar-refractivity contribution in [3.8, 4) is 11.5 Å². The Bertz CT molecular complexity index is 297. The van der Waals surface area contributed by atoms with Crippen LogP contribution in [-0.2, 0) is 0 Å². The standard InChI is InChI=1S/C8H9BF2O4/c10-4-14-7-1-6(9(12)13)2-8(3-7)15-5-11/h1-3,12-13H,4-5H2. The van der Waals surface area contributed by atoms with E-state index in [0.29, 0.717) is 0 Å². The Kier molecular flexibility index (Phi) is 4.32. The van der Waals surface area contributed by atoms with Crippen LogP contribution in [0.4, 0.5) is 8.78 Å². The molecular weight excluding hydrogens is 209 g/mol. The zero-order valence-electron chi connectivity index (χ0n) is 7.69. The van der Waals surface area contributed by atoms with Gasteiger partial charge in [-0.15, -0.1) is 0 Å². The number of rotatable bonds is 5. The van der Waals surface area contributed by atoms with E-state index in [1.54, 1.807) is 0 Å². The summed E-state index contributed by atoms with van der Waals surface area (Å²) in [5.74, 6) is 0.0677. The molecule has 0 radical (unpaired) electrons. The summed E-state index contributed by atoms with van der Waals surface area (Å²) in [5, 5.41) is 17.7. The molecule has 0 heterocycles. The zero-order chi connectivity index (χ0) is 11.3. The summed E-state index contributed by atoms with van der Waals surface area (Å²) in [5.41, 5.74) is 0.0319. The third-order valence-corrected chi connectivity index (χ3v) is 1.64. The maximum Gasteiger partial charge on any atom is 0.488 e. The summed E-state index contributed by atoms with van der Waals surface area (Å²) >= 11 is 0. The Hall–Kier alpha value is -1.34. The molecule has 15 heavy (non-hydrogen) atoms. The lowest BCUT2D eigenvalue weighted by Crippen LogP contribution is -2.29. The molecule has 7 heteroatoms. The van der Waals surface area contributed by atoms with Gasteiger partial charge in [0.15, 0.2) is 0 Å². The molecule has 4 nitrogen and oxygen atoms in total. The number of hydrogen-bond acceptors (Lipinski definition) is 4. The van der Waals surface area contributed by atoms with Crippen molar-refractivity contribution in [1.29, 1.82) is 0 Å². The molecule has 1 rings (SSSR count). The summed E-state index contributed by atoms with van der Waals surface area (Å²) < 4.78 is 32.7.